The van der Waals surface area contributed by atoms with E-state index in [9.17, 15) is 0 Å². The molecule has 1 heterocycles. The Morgan fingerprint density at radius 3 is 2.61 bits per heavy atom. The van der Waals surface area contributed by atoms with E-state index < -0.39 is 0 Å². The van der Waals surface area contributed by atoms with E-state index in [4.69, 9.17) is 11.6 Å². The van der Waals surface area contributed by atoms with Crippen LogP contribution in [0, 0.1) is 0 Å². The third kappa shape index (κ3) is 2.95. The summed E-state index contributed by atoms with van der Waals surface area (Å²) in [6.45, 7) is 2.09. The number of anilines is 1. The van der Waals surface area contributed by atoms with Crippen molar-refractivity contribution in [2.24, 2.45) is 0 Å². The molecule has 0 fully saturated rings. The predicted molar refractivity (Wildman–Crippen MR) is 74.6 cm³/mol. The van der Waals surface area contributed by atoms with E-state index in [-0.39, 0.29) is 0 Å². The van der Waals surface area contributed by atoms with Gasteiger partial charge in [-0.15, -0.1) is 10.2 Å². The Balaban J connectivity index is 1.99. The second-order valence-corrected chi connectivity index (χ2v) is 4.99. The van der Waals surface area contributed by atoms with Crippen LogP contribution < -0.4 is 11.6 Å². The van der Waals surface area contributed by atoms with Gasteiger partial charge in [0.2, 0.25) is 5.16 Å². The molecule has 0 atom stereocenters. The quantitative estimate of drug-likeness (QED) is 0.488. The highest BCUT2D eigenvalue weighted by Crippen LogP contribution is 2.21. The van der Waals surface area contributed by atoms with Gasteiger partial charge in [0.05, 0.1) is 0 Å². The molecule has 0 aliphatic heterocycles. The largest absolute Gasteiger partial charge is 0.399 e. The maximum atomic E-state index is 5.93. The summed E-state index contributed by atoms with van der Waals surface area (Å²) in [7, 11) is 0. The molecule has 5 nitrogen and oxygen atoms in total. The topological polar surface area (TPSA) is 82.8 Å². The second-order valence-electron chi connectivity index (χ2n) is 4.05. The van der Waals surface area contributed by atoms with Crippen molar-refractivity contribution in [1.29, 1.82) is 0 Å². The summed E-state index contributed by atoms with van der Waals surface area (Å²) in [5.74, 6) is 7.57. The van der Waals surface area contributed by atoms with Crippen molar-refractivity contribution in [1.82, 2.24) is 14.9 Å². The zero-order valence-corrected chi connectivity index (χ0v) is 11.2. The zero-order chi connectivity index (χ0) is 13.0. The summed E-state index contributed by atoms with van der Waals surface area (Å²) in [4.78, 5) is 0. The molecule has 0 unspecified atom stereocenters. The molecule has 0 aliphatic rings. The Bertz CT molecular complexity index is 506. The Kier molecular flexibility index (Phi) is 4.09. The number of hydrogen-bond acceptors (Lipinski definition) is 5. The van der Waals surface area contributed by atoms with E-state index in [1.165, 1.54) is 5.56 Å². The van der Waals surface area contributed by atoms with Crippen molar-refractivity contribution < 1.29 is 0 Å². The van der Waals surface area contributed by atoms with Crippen LogP contribution >= 0.6 is 11.8 Å². The van der Waals surface area contributed by atoms with Crippen LogP contribution in [0.15, 0.2) is 29.4 Å². The minimum atomic E-state index is 0.746. The average molecular weight is 263 g/mol. The van der Waals surface area contributed by atoms with Gasteiger partial charge in [0.15, 0.2) is 5.82 Å². The molecule has 1 aromatic carbocycles. The van der Waals surface area contributed by atoms with Crippen molar-refractivity contribution in [3.8, 4) is 0 Å². The molecular formula is C12H17N5S. The lowest BCUT2D eigenvalue weighted by atomic mass is 10.2. The van der Waals surface area contributed by atoms with Gasteiger partial charge >= 0.3 is 0 Å². The van der Waals surface area contributed by atoms with Crippen LogP contribution in [-0.4, -0.2) is 14.9 Å². The highest BCUT2D eigenvalue weighted by molar-refractivity contribution is 7.98. The van der Waals surface area contributed by atoms with Crippen LogP contribution in [0.4, 0.5) is 5.69 Å². The van der Waals surface area contributed by atoms with Gasteiger partial charge in [-0.1, -0.05) is 30.8 Å². The van der Waals surface area contributed by atoms with E-state index in [1.54, 1.807) is 16.4 Å². The van der Waals surface area contributed by atoms with Crippen LogP contribution in [0.3, 0.4) is 0 Å². The third-order valence-corrected chi connectivity index (χ3v) is 3.57. The summed E-state index contributed by atoms with van der Waals surface area (Å²) in [5, 5.41) is 8.92. The molecule has 0 aliphatic carbocycles. The molecule has 18 heavy (non-hydrogen) atoms. The van der Waals surface area contributed by atoms with Gasteiger partial charge in [0.1, 0.15) is 0 Å². The first-order valence-corrected chi connectivity index (χ1v) is 6.86. The maximum absolute atomic E-state index is 5.93. The number of benzene rings is 1. The number of rotatable bonds is 5. The molecule has 2 aromatic rings. The van der Waals surface area contributed by atoms with Crippen molar-refractivity contribution in [3.05, 3.63) is 35.7 Å². The van der Waals surface area contributed by atoms with Crippen LogP contribution in [-0.2, 0) is 12.2 Å². The van der Waals surface area contributed by atoms with Crippen molar-refractivity contribution in [2.45, 2.75) is 30.7 Å². The lowest BCUT2D eigenvalue weighted by Crippen LogP contribution is -2.13. The normalized spacial score (nSPS) is 10.7. The molecule has 6 heteroatoms. The number of hydrogen-bond donors (Lipinski definition) is 2. The smallest absolute Gasteiger partial charge is 0.210 e. The molecule has 2 rings (SSSR count). The SMILES string of the molecule is CCCc1nnc(SCc2ccc(N)cc2)n1N. The summed E-state index contributed by atoms with van der Waals surface area (Å²) in [6, 6.07) is 7.80. The molecule has 4 N–H and O–H groups in total. The van der Waals surface area contributed by atoms with Gasteiger partial charge in [0, 0.05) is 17.9 Å². The zero-order valence-electron chi connectivity index (χ0n) is 10.3. The number of nitrogen functional groups attached to an aromatic ring is 2. The van der Waals surface area contributed by atoms with Crippen LogP contribution in [0.1, 0.15) is 24.7 Å². The van der Waals surface area contributed by atoms with E-state index in [2.05, 4.69) is 17.1 Å². The van der Waals surface area contributed by atoms with Crippen molar-refractivity contribution in [2.75, 3.05) is 11.6 Å². The number of aromatic nitrogens is 3. The first kappa shape index (κ1) is 12.8. The van der Waals surface area contributed by atoms with Crippen molar-refractivity contribution >= 4 is 17.4 Å². The molecule has 0 saturated carbocycles. The fraction of sp³-hybridized carbons (Fsp3) is 0.333. The van der Waals surface area contributed by atoms with E-state index in [1.807, 2.05) is 24.3 Å². The van der Waals surface area contributed by atoms with Gasteiger partial charge in [0.25, 0.3) is 0 Å². The lowest BCUT2D eigenvalue weighted by molar-refractivity contribution is 0.757. The van der Waals surface area contributed by atoms with Crippen LogP contribution in [0.5, 0.6) is 0 Å². The predicted octanol–water partition coefficient (Wildman–Crippen LogP) is 1.82. The Morgan fingerprint density at radius 1 is 1.22 bits per heavy atom. The van der Waals surface area contributed by atoms with E-state index >= 15 is 0 Å². The molecule has 0 radical (unpaired) electrons. The van der Waals surface area contributed by atoms with Gasteiger partial charge in [-0.2, -0.15) is 0 Å². The lowest BCUT2D eigenvalue weighted by Gasteiger charge is -2.03. The molecular weight excluding hydrogens is 246 g/mol. The van der Waals surface area contributed by atoms with Crippen LogP contribution in [0.2, 0.25) is 0 Å². The molecule has 0 spiro atoms. The Hall–Kier alpha value is -1.69. The number of nitrogens with two attached hydrogens (primary N) is 2. The number of thioether (sulfide) groups is 1. The van der Waals surface area contributed by atoms with E-state index in [0.29, 0.717) is 0 Å². The minimum absolute atomic E-state index is 0.746. The van der Waals surface area contributed by atoms with Gasteiger partial charge in [-0.05, 0) is 24.1 Å². The molecule has 1 aromatic heterocycles. The maximum Gasteiger partial charge on any atom is 0.210 e. The molecule has 0 amide bonds. The molecule has 96 valence electrons. The summed E-state index contributed by atoms with van der Waals surface area (Å²) in [5.41, 5.74) is 7.60. The van der Waals surface area contributed by atoms with Crippen molar-refractivity contribution in [3.63, 3.8) is 0 Å². The van der Waals surface area contributed by atoms with Crippen LogP contribution in [0.25, 0.3) is 0 Å². The standard InChI is InChI=1S/C12H17N5S/c1-2-3-11-15-16-12(17(11)14)18-8-9-4-6-10(13)7-5-9/h4-7H,2-3,8,13-14H2,1H3. The third-order valence-electron chi connectivity index (χ3n) is 2.56. The minimum Gasteiger partial charge on any atom is -0.399 e. The fourth-order valence-corrected chi connectivity index (χ4v) is 2.39. The summed E-state index contributed by atoms with van der Waals surface area (Å²) >= 11 is 1.58. The Labute approximate surface area is 111 Å². The highest BCUT2D eigenvalue weighted by Gasteiger charge is 2.09. The van der Waals surface area contributed by atoms with Gasteiger partial charge < -0.3 is 11.6 Å². The molecule has 0 bridgehead atoms. The first-order chi connectivity index (χ1) is 8.70. The molecule has 0 saturated heterocycles. The number of nitrogens with zero attached hydrogens (tertiary/aromatic N) is 3. The summed E-state index contributed by atoms with van der Waals surface area (Å²) in [6.07, 6.45) is 1.86. The average Bonchev–Trinajstić information content (AvgIpc) is 2.71. The van der Waals surface area contributed by atoms with E-state index in [0.717, 1.165) is 35.3 Å². The Morgan fingerprint density at radius 2 is 1.94 bits per heavy atom. The fourth-order valence-electron chi connectivity index (χ4n) is 1.56. The van der Waals surface area contributed by atoms with Gasteiger partial charge in [-0.25, -0.2) is 4.68 Å². The summed E-state index contributed by atoms with van der Waals surface area (Å²) < 4.78 is 1.57. The second kappa shape index (κ2) is 5.77. The monoisotopic (exact) mass is 263 g/mol. The van der Waals surface area contributed by atoms with Gasteiger partial charge in [-0.3, -0.25) is 0 Å². The number of aryl methyl sites for hydroxylation is 1. The first-order valence-electron chi connectivity index (χ1n) is 5.87. The highest BCUT2D eigenvalue weighted by atomic mass is 32.2.